The number of hydrogen-bond acceptors (Lipinski definition) is 4. The Bertz CT molecular complexity index is 569. The van der Waals surface area contributed by atoms with Crippen molar-refractivity contribution in [2.75, 3.05) is 13.7 Å². The summed E-state index contributed by atoms with van der Waals surface area (Å²) >= 11 is 1.64. The topological polar surface area (TPSA) is 64.3 Å². The smallest absolute Gasteiger partial charge is 0.221 e. The largest absolute Gasteiger partial charge is 0.497 e. The Balaban J connectivity index is 0.00000220. The van der Waals surface area contributed by atoms with Gasteiger partial charge in [0.15, 0.2) is 0 Å². The normalized spacial score (nSPS) is 9.81. The highest BCUT2D eigenvalue weighted by atomic mass is 35.5. The zero-order valence-electron chi connectivity index (χ0n) is 11.8. The third-order valence-corrected chi connectivity index (χ3v) is 3.85. The highest BCUT2D eigenvalue weighted by Gasteiger charge is 2.05. The van der Waals surface area contributed by atoms with Crippen molar-refractivity contribution in [3.63, 3.8) is 0 Å². The van der Waals surface area contributed by atoms with Crippen molar-refractivity contribution < 1.29 is 9.53 Å². The highest BCUT2D eigenvalue weighted by molar-refractivity contribution is 7.10. The highest BCUT2D eigenvalue weighted by Crippen LogP contribution is 2.27. The summed E-state index contributed by atoms with van der Waals surface area (Å²) in [7, 11) is 1.65. The average molecular weight is 327 g/mol. The van der Waals surface area contributed by atoms with Crippen molar-refractivity contribution in [3.8, 4) is 16.9 Å². The van der Waals surface area contributed by atoms with E-state index in [-0.39, 0.29) is 18.3 Å². The van der Waals surface area contributed by atoms with Gasteiger partial charge >= 0.3 is 0 Å². The lowest BCUT2D eigenvalue weighted by molar-refractivity contribution is -0.121. The van der Waals surface area contributed by atoms with Gasteiger partial charge in [0.05, 0.1) is 13.7 Å². The quantitative estimate of drug-likeness (QED) is 0.858. The van der Waals surface area contributed by atoms with Crippen LogP contribution in [0.25, 0.3) is 11.1 Å². The van der Waals surface area contributed by atoms with Gasteiger partial charge in [-0.15, -0.1) is 23.7 Å². The SMILES string of the molecule is COc1ccc(-c2csc(CNC(=O)CCN)c2)cc1.Cl. The molecule has 6 heteroatoms. The van der Waals surface area contributed by atoms with Crippen molar-refractivity contribution in [1.82, 2.24) is 5.32 Å². The number of rotatable bonds is 6. The minimum absolute atomic E-state index is 0. The second kappa shape index (κ2) is 8.67. The van der Waals surface area contributed by atoms with Crippen molar-refractivity contribution >= 4 is 29.7 Å². The molecule has 0 radical (unpaired) electrons. The Morgan fingerprint density at radius 2 is 2.00 bits per heavy atom. The summed E-state index contributed by atoms with van der Waals surface area (Å²) in [5.74, 6) is 0.838. The maximum absolute atomic E-state index is 11.4. The molecule has 3 N–H and O–H groups in total. The lowest BCUT2D eigenvalue weighted by Gasteiger charge is -2.02. The number of ether oxygens (including phenoxy) is 1. The molecule has 2 aromatic rings. The van der Waals surface area contributed by atoms with E-state index in [4.69, 9.17) is 10.5 Å². The first-order chi connectivity index (χ1) is 9.72. The predicted octanol–water partition coefficient (Wildman–Crippen LogP) is 2.81. The standard InChI is InChI=1S/C15H18N2O2S.ClH/c1-19-13-4-2-11(3-5-13)12-8-14(20-10-12)9-17-15(18)6-7-16;/h2-5,8,10H,6-7,9,16H2,1H3,(H,17,18);1H. The fourth-order valence-electron chi connectivity index (χ4n) is 1.81. The molecule has 1 aromatic carbocycles. The lowest BCUT2D eigenvalue weighted by Crippen LogP contribution is -2.24. The van der Waals surface area contributed by atoms with E-state index in [1.807, 2.05) is 24.3 Å². The van der Waals surface area contributed by atoms with Crippen molar-refractivity contribution in [2.24, 2.45) is 5.73 Å². The van der Waals surface area contributed by atoms with Crippen LogP contribution < -0.4 is 15.8 Å². The molecule has 0 bridgehead atoms. The predicted molar refractivity (Wildman–Crippen MR) is 89.1 cm³/mol. The van der Waals surface area contributed by atoms with Gasteiger partial charge in [-0.1, -0.05) is 12.1 Å². The Morgan fingerprint density at radius 3 is 2.62 bits per heavy atom. The number of thiophene rings is 1. The van der Waals surface area contributed by atoms with E-state index in [1.165, 1.54) is 0 Å². The number of methoxy groups -OCH3 is 1. The second-order valence-corrected chi connectivity index (χ2v) is 5.34. The molecule has 1 heterocycles. The van der Waals surface area contributed by atoms with Crippen LogP contribution >= 0.6 is 23.7 Å². The van der Waals surface area contributed by atoms with Crippen LogP contribution in [0.5, 0.6) is 5.75 Å². The Labute approximate surface area is 134 Å². The van der Waals surface area contributed by atoms with Gasteiger partial charge in [0.25, 0.3) is 0 Å². The Morgan fingerprint density at radius 1 is 1.29 bits per heavy atom. The Kier molecular flexibility index (Phi) is 7.22. The fraction of sp³-hybridized carbons (Fsp3) is 0.267. The van der Waals surface area contributed by atoms with Gasteiger partial charge < -0.3 is 15.8 Å². The van der Waals surface area contributed by atoms with E-state index in [2.05, 4.69) is 16.8 Å². The molecule has 0 aliphatic carbocycles. The van der Waals surface area contributed by atoms with Gasteiger partial charge in [0, 0.05) is 17.8 Å². The molecule has 0 aliphatic heterocycles. The maximum Gasteiger partial charge on any atom is 0.221 e. The summed E-state index contributed by atoms with van der Waals surface area (Å²) in [5, 5.41) is 4.94. The van der Waals surface area contributed by atoms with Crippen molar-refractivity contribution in [3.05, 3.63) is 40.6 Å². The molecule has 114 valence electrons. The lowest BCUT2D eigenvalue weighted by atomic mass is 10.1. The molecule has 21 heavy (non-hydrogen) atoms. The number of halogens is 1. The minimum atomic E-state index is -0.00750. The fourth-order valence-corrected chi connectivity index (χ4v) is 2.65. The third-order valence-electron chi connectivity index (χ3n) is 2.91. The van der Waals surface area contributed by atoms with Crippen molar-refractivity contribution in [1.29, 1.82) is 0 Å². The van der Waals surface area contributed by atoms with Crippen LogP contribution in [0, 0.1) is 0 Å². The number of amides is 1. The summed E-state index contributed by atoms with van der Waals surface area (Å²) in [5.41, 5.74) is 7.63. The molecule has 0 fully saturated rings. The summed E-state index contributed by atoms with van der Waals surface area (Å²) < 4.78 is 5.14. The van der Waals surface area contributed by atoms with Crippen LogP contribution in [0.3, 0.4) is 0 Å². The molecule has 0 aliphatic rings. The van der Waals surface area contributed by atoms with Crippen LogP contribution in [0.1, 0.15) is 11.3 Å². The zero-order valence-corrected chi connectivity index (χ0v) is 13.4. The van der Waals surface area contributed by atoms with E-state index < -0.39 is 0 Å². The minimum Gasteiger partial charge on any atom is -0.497 e. The Hall–Kier alpha value is -1.56. The molecule has 1 aromatic heterocycles. The third kappa shape index (κ3) is 5.04. The first-order valence-corrected chi connectivity index (χ1v) is 7.29. The van der Waals surface area contributed by atoms with Crippen LogP contribution in [-0.4, -0.2) is 19.6 Å². The molecule has 2 rings (SSSR count). The first kappa shape index (κ1) is 17.5. The number of carbonyl (C=O) groups is 1. The zero-order chi connectivity index (χ0) is 14.4. The van der Waals surface area contributed by atoms with Gasteiger partial charge in [0.1, 0.15) is 5.75 Å². The average Bonchev–Trinajstić information content (AvgIpc) is 2.94. The molecule has 0 saturated carbocycles. The van der Waals surface area contributed by atoms with Gasteiger partial charge in [-0.25, -0.2) is 0 Å². The summed E-state index contributed by atoms with van der Waals surface area (Å²) in [6, 6.07) is 10.0. The van der Waals surface area contributed by atoms with Gasteiger partial charge in [0.2, 0.25) is 5.91 Å². The summed E-state index contributed by atoms with van der Waals surface area (Å²) in [6.45, 7) is 0.938. The van der Waals surface area contributed by atoms with E-state index in [0.29, 0.717) is 19.5 Å². The number of benzene rings is 1. The van der Waals surface area contributed by atoms with E-state index >= 15 is 0 Å². The molecule has 0 saturated heterocycles. The molecular weight excluding hydrogens is 308 g/mol. The van der Waals surface area contributed by atoms with E-state index in [9.17, 15) is 4.79 Å². The van der Waals surface area contributed by atoms with Crippen LogP contribution in [-0.2, 0) is 11.3 Å². The molecule has 0 spiro atoms. The maximum atomic E-state index is 11.4. The van der Waals surface area contributed by atoms with Crippen LogP contribution in [0.15, 0.2) is 35.7 Å². The number of hydrogen-bond donors (Lipinski definition) is 2. The molecule has 4 nitrogen and oxygen atoms in total. The first-order valence-electron chi connectivity index (χ1n) is 6.41. The van der Waals surface area contributed by atoms with Crippen molar-refractivity contribution in [2.45, 2.75) is 13.0 Å². The van der Waals surface area contributed by atoms with E-state index in [0.717, 1.165) is 21.8 Å². The number of nitrogens with two attached hydrogens (primary N) is 1. The van der Waals surface area contributed by atoms with Gasteiger partial charge in [-0.2, -0.15) is 0 Å². The summed E-state index contributed by atoms with van der Waals surface area (Å²) in [6.07, 6.45) is 0.372. The molecule has 0 unspecified atom stereocenters. The monoisotopic (exact) mass is 326 g/mol. The summed E-state index contributed by atoms with van der Waals surface area (Å²) in [4.78, 5) is 12.5. The molecule has 1 amide bonds. The molecular formula is C15H19ClN2O2S. The van der Waals surface area contributed by atoms with E-state index in [1.54, 1.807) is 18.4 Å². The van der Waals surface area contributed by atoms with Crippen LogP contribution in [0.4, 0.5) is 0 Å². The van der Waals surface area contributed by atoms with Crippen LogP contribution in [0.2, 0.25) is 0 Å². The number of nitrogens with one attached hydrogen (secondary N) is 1. The van der Waals surface area contributed by atoms with Gasteiger partial charge in [-0.3, -0.25) is 4.79 Å². The van der Waals surface area contributed by atoms with Gasteiger partial charge in [-0.05, 0) is 34.7 Å². The number of carbonyl (C=O) groups excluding carboxylic acids is 1. The molecule has 0 atom stereocenters. The second-order valence-electron chi connectivity index (χ2n) is 4.35.